The Bertz CT molecular complexity index is 3190. The number of hydrogen-bond acceptors (Lipinski definition) is 20. The minimum absolute atomic E-state index is 0.0107. The van der Waals surface area contributed by atoms with Crippen LogP contribution in [0.1, 0.15) is 69.5 Å². The molecule has 4 amide bonds. The molecule has 23 nitrogen and oxygen atoms in total. The molecule has 9 rings (SSSR count). The fourth-order valence-corrected chi connectivity index (χ4v) is 12.9. The SMILES string of the molecule is C=CC(=O)N1CCN(c2nc(O[C@H](C)CN3CCC(OCCOCCOCCOCCOCCOCC(=O)N[C@H](C(=O)N4C[C@@H](O)C[C@H]4C(=O)NCCc4ccc(-c5scnc5C)cc4)C(C)(C)C)CC3)nc3c2CCN(c2cc(O)cc4ccccc24)C3)CC1. The lowest BCUT2D eigenvalue weighted by Crippen LogP contribution is -2.58. The average molecular weight is 1280 g/mol. The summed E-state index contributed by atoms with van der Waals surface area (Å²) >= 11 is 1.60. The first-order valence-corrected chi connectivity index (χ1v) is 32.9. The second kappa shape index (κ2) is 33.6. The van der Waals surface area contributed by atoms with Crippen LogP contribution in [-0.2, 0) is 67.0 Å². The van der Waals surface area contributed by atoms with Crippen LogP contribution in [-0.4, -0.2) is 232 Å². The van der Waals surface area contributed by atoms with Gasteiger partial charge in [-0.15, -0.1) is 11.3 Å². The predicted octanol–water partition coefficient (Wildman–Crippen LogP) is 5.35. The van der Waals surface area contributed by atoms with Crippen molar-refractivity contribution in [3.8, 4) is 22.2 Å². The number of rotatable bonds is 32. The van der Waals surface area contributed by atoms with Gasteiger partial charge in [0.15, 0.2) is 0 Å². The zero-order valence-corrected chi connectivity index (χ0v) is 54.3. The van der Waals surface area contributed by atoms with Gasteiger partial charge in [-0.3, -0.25) is 24.1 Å². The van der Waals surface area contributed by atoms with Crippen LogP contribution in [0.3, 0.4) is 0 Å². The first-order valence-electron chi connectivity index (χ1n) is 32.0. The molecule has 3 saturated heterocycles. The number of hydrogen-bond donors (Lipinski definition) is 4. The molecule has 0 radical (unpaired) electrons. The maximum atomic E-state index is 14.0. The molecule has 5 aromatic rings. The minimum atomic E-state index is -0.963. The van der Waals surface area contributed by atoms with E-state index in [1.807, 2.05) is 86.6 Å². The number of carbonyl (C=O) groups excluding carboxylic acids is 4. The van der Waals surface area contributed by atoms with E-state index >= 15 is 0 Å². The number of aromatic hydroxyl groups is 1. The number of piperazine rings is 1. The van der Waals surface area contributed by atoms with Gasteiger partial charge in [0.1, 0.15) is 36.4 Å². The van der Waals surface area contributed by atoms with Crippen LogP contribution < -0.4 is 25.2 Å². The van der Waals surface area contributed by atoms with Crippen LogP contribution in [0.25, 0.3) is 21.2 Å². The number of thiazole rings is 1. The number of aryl methyl sites for hydroxylation is 1. The monoisotopic (exact) mass is 1280 g/mol. The molecule has 0 spiro atoms. The predicted molar refractivity (Wildman–Crippen MR) is 347 cm³/mol. The third-order valence-electron chi connectivity index (χ3n) is 16.9. The number of benzene rings is 3. The van der Waals surface area contributed by atoms with E-state index in [2.05, 4.69) is 49.9 Å². The van der Waals surface area contributed by atoms with Gasteiger partial charge >= 0.3 is 6.01 Å². The smallest absolute Gasteiger partial charge is 0.318 e. The number of phenolic OH excluding ortho intramolecular Hbond substituents is 1. The van der Waals surface area contributed by atoms with Gasteiger partial charge in [0.25, 0.3) is 0 Å². The number of β-amino-alcohol motifs (C(OH)–C–C–N with tert-alkyl or cyclic N) is 1. The number of likely N-dealkylation sites (tertiary alicyclic amines) is 2. The van der Waals surface area contributed by atoms with E-state index in [4.69, 9.17) is 43.1 Å². The summed E-state index contributed by atoms with van der Waals surface area (Å²) in [6.07, 6.45) is 3.72. The van der Waals surface area contributed by atoms with Gasteiger partial charge in [0, 0.05) is 94.6 Å². The van der Waals surface area contributed by atoms with Gasteiger partial charge in [-0.1, -0.05) is 75.9 Å². The second-order valence-electron chi connectivity index (χ2n) is 24.7. The van der Waals surface area contributed by atoms with E-state index in [-0.39, 0.29) is 62.6 Å². The third kappa shape index (κ3) is 19.6. The first-order chi connectivity index (χ1) is 44.0. The number of aromatic nitrogens is 3. The van der Waals surface area contributed by atoms with Crippen molar-refractivity contribution in [2.24, 2.45) is 5.41 Å². The summed E-state index contributed by atoms with van der Waals surface area (Å²) < 4.78 is 40.9. The Morgan fingerprint density at radius 3 is 2.15 bits per heavy atom. The van der Waals surface area contributed by atoms with Crippen LogP contribution in [0.15, 0.2) is 78.8 Å². The van der Waals surface area contributed by atoms with Gasteiger partial charge in [-0.05, 0) is 73.6 Å². The number of anilines is 2. The van der Waals surface area contributed by atoms with Gasteiger partial charge in [0.2, 0.25) is 23.6 Å². The topological polar surface area (TPSA) is 252 Å². The lowest BCUT2D eigenvalue weighted by atomic mass is 9.85. The summed E-state index contributed by atoms with van der Waals surface area (Å²) in [6, 6.07) is 18.4. The summed E-state index contributed by atoms with van der Waals surface area (Å²) in [5, 5.41) is 29.1. The number of nitrogens with zero attached hydrogens (tertiary/aromatic N) is 8. The maximum Gasteiger partial charge on any atom is 0.318 e. The molecule has 4 aliphatic rings. The highest BCUT2D eigenvalue weighted by Crippen LogP contribution is 2.37. The molecule has 4 N–H and O–H groups in total. The van der Waals surface area contributed by atoms with Crippen molar-refractivity contribution in [1.29, 1.82) is 0 Å². The number of aliphatic hydroxyl groups is 1. The van der Waals surface area contributed by atoms with Crippen molar-refractivity contribution >= 4 is 57.2 Å². The van der Waals surface area contributed by atoms with Crippen molar-refractivity contribution in [3.05, 3.63) is 101 Å². The Morgan fingerprint density at radius 1 is 0.824 bits per heavy atom. The molecular formula is C67H92N10O13S. The highest BCUT2D eigenvalue weighted by molar-refractivity contribution is 7.13. The molecule has 0 saturated carbocycles. The van der Waals surface area contributed by atoms with Gasteiger partial charge in [-0.2, -0.15) is 9.97 Å². The number of nitrogens with one attached hydrogen (secondary N) is 2. The number of fused-ring (bicyclic) bond motifs is 2. The minimum Gasteiger partial charge on any atom is -0.508 e. The fourth-order valence-electron chi connectivity index (χ4n) is 12.0. The molecule has 3 aromatic carbocycles. The molecule has 6 heterocycles. The number of amides is 4. The summed E-state index contributed by atoms with van der Waals surface area (Å²) in [5.74, 6) is -0.243. The van der Waals surface area contributed by atoms with Crippen LogP contribution in [0.2, 0.25) is 0 Å². The third-order valence-corrected chi connectivity index (χ3v) is 17.8. The number of piperidine rings is 1. The molecule has 2 aromatic heterocycles. The Morgan fingerprint density at radius 2 is 1.49 bits per heavy atom. The van der Waals surface area contributed by atoms with Crippen molar-refractivity contribution < 1.29 is 62.5 Å². The Kier molecular flexibility index (Phi) is 25.3. The Labute approximate surface area is 538 Å². The van der Waals surface area contributed by atoms with E-state index in [0.717, 1.165) is 94.1 Å². The molecule has 4 aliphatic heterocycles. The van der Waals surface area contributed by atoms with Gasteiger partial charge in [-0.25, -0.2) is 4.98 Å². The molecule has 0 aliphatic carbocycles. The molecule has 4 atom stereocenters. The standard InChI is InChI=1S/C67H92N10O13S/c1-7-60(81)74-24-26-75(27-25-74)63-55-19-23-76(57-39-51(78)38-50-10-8-9-11-54(50)57)43-56(55)70-66(72-63)90-46(2)41-73-21-17-53(18-22-73)89-37-36-87-33-32-85-29-28-84-30-31-86-34-35-88-44-59(80)71-62(67(4,5)6)65(83)77-42-52(79)40-58(77)64(82)68-20-16-48-12-14-49(15-13-48)61-47(3)69-45-91-61/h7-15,38-39,45-46,52-53,58,62,78-79H,1,16-37,40-44H2,2-6H3,(H,68,82)(H,71,80)/t46-,52+,58+,62-/m1/s1. The summed E-state index contributed by atoms with van der Waals surface area (Å²) in [6.45, 7) is 23.2. The lowest BCUT2D eigenvalue weighted by Gasteiger charge is -2.38. The fraction of sp³-hybridized carbons (Fsp3) is 0.567. The average Bonchev–Trinajstić information content (AvgIpc) is 2.08. The zero-order chi connectivity index (χ0) is 64.3. The van der Waals surface area contributed by atoms with Crippen molar-refractivity contribution in [2.75, 3.05) is 148 Å². The Hall–Kier alpha value is -6.87. The summed E-state index contributed by atoms with van der Waals surface area (Å²) in [7, 11) is 0. The van der Waals surface area contributed by atoms with Crippen molar-refractivity contribution in [1.82, 2.24) is 40.3 Å². The van der Waals surface area contributed by atoms with Crippen LogP contribution in [0.5, 0.6) is 11.8 Å². The number of ether oxygens (including phenoxy) is 7. The number of carbonyl (C=O) groups is 4. The summed E-state index contributed by atoms with van der Waals surface area (Å²) in [5.41, 5.74) is 7.22. The molecule has 24 heteroatoms. The maximum absolute atomic E-state index is 14.0. The lowest BCUT2D eigenvalue weighted by molar-refractivity contribution is -0.144. The normalized spacial score (nSPS) is 18.1. The molecular weight excluding hydrogens is 1180 g/mol. The largest absolute Gasteiger partial charge is 0.508 e. The Balaban J connectivity index is 0.586. The molecule has 0 unspecified atom stereocenters. The summed E-state index contributed by atoms with van der Waals surface area (Å²) in [4.78, 5) is 78.5. The molecule has 494 valence electrons. The number of phenols is 1. The molecule has 3 fully saturated rings. The first kappa shape index (κ1) is 68.5. The van der Waals surface area contributed by atoms with E-state index in [1.54, 1.807) is 17.4 Å². The highest BCUT2D eigenvalue weighted by atomic mass is 32.1. The van der Waals surface area contributed by atoms with Gasteiger partial charge in [0.05, 0.1) is 107 Å². The van der Waals surface area contributed by atoms with E-state index in [9.17, 15) is 29.4 Å². The molecule has 0 bridgehead atoms. The molecule has 91 heavy (non-hydrogen) atoms. The van der Waals surface area contributed by atoms with E-state index < -0.39 is 35.4 Å². The van der Waals surface area contributed by atoms with Crippen LogP contribution >= 0.6 is 11.3 Å². The van der Waals surface area contributed by atoms with Gasteiger partial charge < -0.3 is 73.6 Å². The van der Waals surface area contributed by atoms with Crippen molar-refractivity contribution in [2.45, 2.75) is 104 Å². The van der Waals surface area contributed by atoms with E-state index in [0.29, 0.717) is 111 Å². The van der Waals surface area contributed by atoms with E-state index in [1.165, 1.54) is 11.0 Å². The van der Waals surface area contributed by atoms with Crippen LogP contribution in [0, 0.1) is 12.3 Å². The van der Waals surface area contributed by atoms with Crippen LogP contribution in [0.4, 0.5) is 11.5 Å². The highest BCUT2D eigenvalue weighted by Gasteiger charge is 2.44. The number of aliphatic hydroxyl groups excluding tert-OH is 1. The second-order valence-corrected chi connectivity index (χ2v) is 25.6. The zero-order valence-electron chi connectivity index (χ0n) is 53.5. The quantitative estimate of drug-likeness (QED) is 0.0313. The van der Waals surface area contributed by atoms with Crippen molar-refractivity contribution in [3.63, 3.8) is 0 Å².